The summed E-state index contributed by atoms with van der Waals surface area (Å²) in [5.41, 5.74) is 0. The van der Waals surface area contributed by atoms with Crippen LogP contribution in [0.5, 0.6) is 0 Å². The van der Waals surface area contributed by atoms with Gasteiger partial charge in [0.2, 0.25) is 0 Å². The van der Waals surface area contributed by atoms with E-state index >= 15 is 0 Å². The second-order valence-corrected chi connectivity index (χ2v) is 2.53. The monoisotopic (exact) mass is 285 g/mol. The molecule has 2 aromatic heterocycles. The minimum absolute atomic E-state index is 0. The third-order valence-corrected chi connectivity index (χ3v) is 1.44. The molecular weight excluding hydrogens is 280 g/mol. The number of hydrogen-bond acceptors (Lipinski definition) is 6. The molecule has 0 saturated carbocycles. The van der Waals surface area contributed by atoms with E-state index in [2.05, 4.69) is 8.83 Å². The van der Waals surface area contributed by atoms with Crippen LogP contribution in [0.3, 0.4) is 0 Å². The van der Waals surface area contributed by atoms with Gasteiger partial charge in [-0.25, -0.2) is 0 Å². The largest absolute Gasteiger partial charge is 2.00 e. The molecule has 0 aromatic carbocycles. The molecule has 1 radical (unpaired) electrons. The van der Waals surface area contributed by atoms with Gasteiger partial charge in [-0.15, -0.1) is 0 Å². The molecule has 6 nitrogen and oxygen atoms in total. The van der Waals surface area contributed by atoms with Gasteiger partial charge in [0.05, 0.1) is 12.5 Å². The predicted molar refractivity (Wildman–Crippen MR) is 46.1 cm³/mol. The summed E-state index contributed by atoms with van der Waals surface area (Å²) < 4.78 is 8.87. The summed E-state index contributed by atoms with van der Waals surface area (Å²) in [6, 6.07) is 5.64. The first-order valence-corrected chi connectivity index (χ1v) is 4.11. The molecule has 0 unspecified atom stereocenters. The number of rotatable bonds is 2. The fraction of sp³-hybridized carbons (Fsp3) is 0. The van der Waals surface area contributed by atoms with Gasteiger partial charge in [-0.2, -0.15) is 0 Å². The number of carbonyl (C=O) groups is 2. The van der Waals surface area contributed by atoms with Crippen LogP contribution in [0, 0.1) is 0 Å². The Balaban J connectivity index is 0.000000284. The summed E-state index contributed by atoms with van der Waals surface area (Å²) in [6.07, 6.45) is 2.57. The number of carboxylic acid groups (broad SMARTS) is 2. The Morgan fingerprint density at radius 3 is 1.35 bits per heavy atom. The Labute approximate surface area is 106 Å². The Kier molecular flexibility index (Phi) is 6.47. The van der Waals surface area contributed by atoms with E-state index in [1.54, 1.807) is 0 Å². The van der Waals surface area contributed by atoms with Crippen LogP contribution in [0.4, 0.5) is 0 Å². The molecule has 0 saturated heterocycles. The van der Waals surface area contributed by atoms with Gasteiger partial charge in [0, 0.05) is 0 Å². The van der Waals surface area contributed by atoms with E-state index in [1.165, 1.54) is 36.8 Å². The zero-order valence-electron chi connectivity index (χ0n) is 8.22. The van der Waals surface area contributed by atoms with Crippen LogP contribution in [-0.2, 0) is 17.1 Å². The second-order valence-electron chi connectivity index (χ2n) is 2.53. The fourth-order valence-corrected chi connectivity index (χ4v) is 0.789. The quantitative estimate of drug-likeness (QED) is 0.674. The Morgan fingerprint density at radius 2 is 1.24 bits per heavy atom. The van der Waals surface area contributed by atoms with Crippen molar-refractivity contribution in [2.75, 3.05) is 0 Å². The van der Waals surface area contributed by atoms with Crippen LogP contribution in [0.25, 0.3) is 0 Å². The van der Waals surface area contributed by atoms with E-state index in [-0.39, 0.29) is 28.6 Å². The standard InChI is InChI=1S/2C5H4O3.Cu/c2*6-5(7)4-2-1-3-8-4;/h2*1-3H,(H,6,7);/q;;+2/p-2. The molecule has 0 fully saturated rings. The average molecular weight is 286 g/mol. The molecule has 0 atom stereocenters. The summed E-state index contributed by atoms with van der Waals surface area (Å²) in [4.78, 5) is 19.7. The third-order valence-electron chi connectivity index (χ3n) is 1.44. The van der Waals surface area contributed by atoms with Crippen molar-refractivity contribution in [3.8, 4) is 0 Å². The Bertz CT molecular complexity index is 401. The zero-order chi connectivity index (χ0) is 12.0. The molecule has 0 bridgehead atoms. The molecule has 0 aliphatic carbocycles. The van der Waals surface area contributed by atoms with Gasteiger partial charge in [0.1, 0.15) is 23.5 Å². The number of aromatic carboxylic acids is 2. The van der Waals surface area contributed by atoms with Gasteiger partial charge in [-0.05, 0) is 24.3 Å². The van der Waals surface area contributed by atoms with E-state index in [9.17, 15) is 19.8 Å². The average Bonchev–Trinajstić information content (AvgIpc) is 2.93. The van der Waals surface area contributed by atoms with Crippen molar-refractivity contribution >= 4 is 11.9 Å². The first kappa shape index (κ1) is 15.0. The molecule has 2 aromatic rings. The molecule has 93 valence electrons. The SMILES string of the molecule is O=C([O-])c1ccco1.O=C([O-])c1ccco1.[Cu+2]. The molecule has 0 aliphatic rings. The predicted octanol–water partition coefficient (Wildman–Crippen LogP) is -0.716. The minimum atomic E-state index is -1.28. The van der Waals surface area contributed by atoms with Crippen molar-refractivity contribution in [2.45, 2.75) is 0 Å². The molecular formula is C10H6CuO6. The molecule has 2 rings (SSSR count). The number of hydrogen-bond donors (Lipinski definition) is 0. The molecule has 0 spiro atoms. The van der Waals surface area contributed by atoms with Gasteiger partial charge in [-0.3, -0.25) is 0 Å². The zero-order valence-corrected chi connectivity index (χ0v) is 9.16. The summed E-state index contributed by atoms with van der Waals surface area (Å²) in [5.74, 6) is -2.83. The van der Waals surface area contributed by atoms with Gasteiger partial charge >= 0.3 is 17.1 Å². The molecule has 0 amide bonds. The van der Waals surface area contributed by atoms with E-state index in [0.29, 0.717) is 0 Å². The van der Waals surface area contributed by atoms with Crippen LogP contribution < -0.4 is 10.2 Å². The second kappa shape index (κ2) is 7.32. The van der Waals surface area contributed by atoms with Crippen molar-refractivity contribution in [3.05, 3.63) is 48.3 Å². The Morgan fingerprint density at radius 1 is 0.882 bits per heavy atom. The number of carbonyl (C=O) groups excluding carboxylic acids is 2. The van der Waals surface area contributed by atoms with Gasteiger partial charge in [-0.1, -0.05) is 0 Å². The molecule has 0 N–H and O–H groups in total. The first-order chi connectivity index (χ1) is 7.61. The first-order valence-electron chi connectivity index (χ1n) is 4.11. The van der Waals surface area contributed by atoms with E-state index in [1.807, 2.05) is 0 Å². The van der Waals surface area contributed by atoms with Crippen LogP contribution in [0.15, 0.2) is 45.6 Å². The number of carboxylic acids is 2. The topological polar surface area (TPSA) is 107 Å². The van der Waals surface area contributed by atoms with E-state index in [4.69, 9.17) is 0 Å². The van der Waals surface area contributed by atoms with Crippen molar-refractivity contribution in [2.24, 2.45) is 0 Å². The normalized spacial score (nSPS) is 8.47. The number of furan rings is 2. The summed E-state index contributed by atoms with van der Waals surface area (Å²) in [7, 11) is 0. The maximum Gasteiger partial charge on any atom is 2.00 e. The summed E-state index contributed by atoms with van der Waals surface area (Å²) in [6.45, 7) is 0. The van der Waals surface area contributed by atoms with Gasteiger partial charge in [0.25, 0.3) is 0 Å². The molecule has 2 heterocycles. The van der Waals surface area contributed by atoms with Crippen molar-refractivity contribution in [1.29, 1.82) is 0 Å². The van der Waals surface area contributed by atoms with Crippen molar-refractivity contribution in [1.82, 2.24) is 0 Å². The summed E-state index contributed by atoms with van der Waals surface area (Å²) in [5, 5.41) is 19.7. The molecule has 17 heavy (non-hydrogen) atoms. The summed E-state index contributed by atoms with van der Waals surface area (Å²) >= 11 is 0. The van der Waals surface area contributed by atoms with Gasteiger partial charge < -0.3 is 28.6 Å². The van der Waals surface area contributed by atoms with Crippen molar-refractivity contribution < 1.29 is 45.7 Å². The van der Waals surface area contributed by atoms with Crippen molar-refractivity contribution in [3.63, 3.8) is 0 Å². The van der Waals surface area contributed by atoms with Crippen LogP contribution in [-0.4, -0.2) is 11.9 Å². The van der Waals surface area contributed by atoms with E-state index < -0.39 is 11.9 Å². The van der Waals surface area contributed by atoms with Gasteiger partial charge in [0.15, 0.2) is 0 Å². The smallest absolute Gasteiger partial charge is 0.542 e. The van der Waals surface area contributed by atoms with Crippen LogP contribution in [0.1, 0.15) is 21.1 Å². The van der Waals surface area contributed by atoms with Crippen LogP contribution in [0.2, 0.25) is 0 Å². The maximum absolute atomic E-state index is 9.86. The maximum atomic E-state index is 9.86. The third kappa shape index (κ3) is 5.05. The minimum Gasteiger partial charge on any atom is -0.542 e. The fourth-order valence-electron chi connectivity index (χ4n) is 0.789. The Hall–Kier alpha value is -1.98. The van der Waals surface area contributed by atoms with E-state index in [0.717, 1.165) is 0 Å². The molecule has 0 aliphatic heterocycles. The van der Waals surface area contributed by atoms with Crippen LogP contribution >= 0.6 is 0 Å². The molecule has 7 heteroatoms.